The smallest absolute Gasteiger partial charge is 0.231 e. The van der Waals surface area contributed by atoms with Crippen LogP contribution in [0.2, 0.25) is 0 Å². The number of aryl methyl sites for hydroxylation is 1. The van der Waals surface area contributed by atoms with Gasteiger partial charge in [0.2, 0.25) is 23.7 Å². The van der Waals surface area contributed by atoms with Gasteiger partial charge in [0.05, 0.1) is 12.7 Å². The number of hydrogen-bond acceptors (Lipinski definition) is 8. The zero-order valence-corrected chi connectivity index (χ0v) is 12.0. The average Bonchev–Trinajstić information content (AvgIpc) is 2.91. The molecule has 8 nitrogen and oxygen atoms in total. The SMILES string of the molecule is Cc1cnc(CNc2nc(N)nc(N3CCCCC3)n2)o1. The van der Waals surface area contributed by atoms with Gasteiger partial charge >= 0.3 is 0 Å². The van der Waals surface area contributed by atoms with Gasteiger partial charge in [-0.3, -0.25) is 0 Å². The van der Waals surface area contributed by atoms with Gasteiger partial charge in [-0.25, -0.2) is 4.98 Å². The molecular weight excluding hydrogens is 270 g/mol. The van der Waals surface area contributed by atoms with E-state index in [1.54, 1.807) is 6.20 Å². The zero-order chi connectivity index (χ0) is 14.7. The maximum absolute atomic E-state index is 5.77. The lowest BCUT2D eigenvalue weighted by Crippen LogP contribution is -2.31. The van der Waals surface area contributed by atoms with E-state index in [-0.39, 0.29) is 5.95 Å². The van der Waals surface area contributed by atoms with Crippen LogP contribution in [0, 0.1) is 6.92 Å². The third-order valence-corrected chi connectivity index (χ3v) is 3.35. The summed E-state index contributed by atoms with van der Waals surface area (Å²) in [5.41, 5.74) is 5.77. The van der Waals surface area contributed by atoms with Gasteiger partial charge in [0, 0.05) is 13.1 Å². The standard InChI is InChI=1S/C13H19N7O/c1-9-7-15-10(21-9)8-16-12-17-11(14)18-13(19-12)20-5-3-2-4-6-20/h7H,2-6,8H2,1H3,(H3,14,16,17,18,19). The van der Waals surface area contributed by atoms with E-state index in [1.165, 1.54) is 6.42 Å². The van der Waals surface area contributed by atoms with Crippen molar-refractivity contribution in [2.75, 3.05) is 29.0 Å². The van der Waals surface area contributed by atoms with Crippen molar-refractivity contribution < 1.29 is 4.42 Å². The fourth-order valence-electron chi connectivity index (χ4n) is 2.33. The minimum absolute atomic E-state index is 0.219. The number of rotatable bonds is 4. The fourth-order valence-corrected chi connectivity index (χ4v) is 2.33. The predicted octanol–water partition coefficient (Wildman–Crippen LogP) is 1.35. The third kappa shape index (κ3) is 3.39. The molecule has 8 heteroatoms. The van der Waals surface area contributed by atoms with Crippen molar-refractivity contribution in [3.63, 3.8) is 0 Å². The molecule has 21 heavy (non-hydrogen) atoms. The number of anilines is 3. The summed E-state index contributed by atoms with van der Waals surface area (Å²) in [7, 11) is 0. The second kappa shape index (κ2) is 5.94. The Kier molecular flexibility index (Phi) is 3.85. The van der Waals surface area contributed by atoms with Gasteiger partial charge in [0.15, 0.2) is 0 Å². The van der Waals surface area contributed by atoms with E-state index in [0.29, 0.717) is 24.3 Å². The number of oxazole rings is 1. The van der Waals surface area contributed by atoms with Crippen molar-refractivity contribution in [1.29, 1.82) is 0 Å². The molecule has 0 atom stereocenters. The van der Waals surface area contributed by atoms with Gasteiger partial charge in [-0.2, -0.15) is 15.0 Å². The molecule has 2 aromatic heterocycles. The lowest BCUT2D eigenvalue weighted by molar-refractivity contribution is 0.478. The molecule has 0 unspecified atom stereocenters. The normalized spacial score (nSPS) is 15.2. The van der Waals surface area contributed by atoms with Crippen LogP contribution in [-0.2, 0) is 6.54 Å². The first kappa shape index (κ1) is 13.6. The highest BCUT2D eigenvalue weighted by Crippen LogP contribution is 2.17. The van der Waals surface area contributed by atoms with Gasteiger partial charge in [-0.05, 0) is 26.2 Å². The van der Waals surface area contributed by atoms with E-state index in [1.807, 2.05) is 6.92 Å². The molecule has 0 radical (unpaired) electrons. The van der Waals surface area contributed by atoms with E-state index in [2.05, 4.69) is 30.2 Å². The number of piperidine rings is 1. The molecule has 0 saturated carbocycles. The van der Waals surface area contributed by atoms with E-state index in [0.717, 1.165) is 31.7 Å². The molecule has 0 aromatic carbocycles. The summed E-state index contributed by atoms with van der Waals surface area (Å²) in [6.07, 6.45) is 5.25. The van der Waals surface area contributed by atoms with Crippen LogP contribution in [0.25, 0.3) is 0 Å². The van der Waals surface area contributed by atoms with Crippen molar-refractivity contribution in [3.8, 4) is 0 Å². The molecule has 1 aliphatic heterocycles. The molecule has 112 valence electrons. The number of nitrogens with zero attached hydrogens (tertiary/aromatic N) is 5. The molecule has 0 bridgehead atoms. The van der Waals surface area contributed by atoms with Crippen LogP contribution >= 0.6 is 0 Å². The molecule has 1 aliphatic rings. The topological polar surface area (TPSA) is 106 Å². The summed E-state index contributed by atoms with van der Waals surface area (Å²) in [5.74, 6) is 2.66. The highest BCUT2D eigenvalue weighted by atomic mass is 16.4. The second-order valence-corrected chi connectivity index (χ2v) is 5.08. The first-order valence-electron chi connectivity index (χ1n) is 7.12. The zero-order valence-electron chi connectivity index (χ0n) is 12.0. The van der Waals surface area contributed by atoms with E-state index in [9.17, 15) is 0 Å². The Labute approximate surface area is 122 Å². The Morgan fingerprint density at radius 2 is 2.05 bits per heavy atom. The molecule has 3 heterocycles. The highest BCUT2D eigenvalue weighted by molar-refractivity contribution is 5.42. The lowest BCUT2D eigenvalue weighted by atomic mass is 10.1. The predicted molar refractivity (Wildman–Crippen MR) is 78.9 cm³/mol. The molecule has 1 fully saturated rings. The van der Waals surface area contributed by atoms with Crippen LogP contribution in [0.15, 0.2) is 10.6 Å². The third-order valence-electron chi connectivity index (χ3n) is 3.35. The maximum atomic E-state index is 5.77. The molecule has 0 aliphatic carbocycles. The second-order valence-electron chi connectivity index (χ2n) is 5.08. The minimum atomic E-state index is 0.219. The Morgan fingerprint density at radius 1 is 1.24 bits per heavy atom. The average molecular weight is 289 g/mol. The monoisotopic (exact) mass is 289 g/mol. The van der Waals surface area contributed by atoms with Crippen LogP contribution in [0.3, 0.4) is 0 Å². The van der Waals surface area contributed by atoms with Crippen LogP contribution < -0.4 is 16.0 Å². The van der Waals surface area contributed by atoms with Gasteiger partial charge < -0.3 is 20.4 Å². The van der Waals surface area contributed by atoms with Crippen molar-refractivity contribution in [1.82, 2.24) is 19.9 Å². The number of nitrogens with two attached hydrogens (primary N) is 1. The van der Waals surface area contributed by atoms with Crippen molar-refractivity contribution in [3.05, 3.63) is 17.8 Å². The number of nitrogen functional groups attached to an aromatic ring is 1. The number of hydrogen-bond donors (Lipinski definition) is 2. The molecule has 0 spiro atoms. The minimum Gasteiger partial charge on any atom is -0.444 e. The van der Waals surface area contributed by atoms with E-state index >= 15 is 0 Å². The largest absolute Gasteiger partial charge is 0.444 e. The molecule has 2 aromatic rings. The molecule has 1 saturated heterocycles. The number of nitrogens with one attached hydrogen (secondary N) is 1. The summed E-state index contributed by atoms with van der Waals surface area (Å²) < 4.78 is 5.40. The summed E-state index contributed by atoms with van der Waals surface area (Å²) in [6, 6.07) is 0. The van der Waals surface area contributed by atoms with Gasteiger partial charge in [0.1, 0.15) is 5.76 Å². The van der Waals surface area contributed by atoms with Gasteiger partial charge in [-0.1, -0.05) is 0 Å². The number of aromatic nitrogens is 4. The van der Waals surface area contributed by atoms with Crippen LogP contribution in [0.4, 0.5) is 17.8 Å². The Hall–Kier alpha value is -2.38. The van der Waals surface area contributed by atoms with Gasteiger partial charge in [-0.15, -0.1) is 0 Å². The summed E-state index contributed by atoms with van der Waals surface area (Å²) in [6.45, 7) is 4.19. The fraction of sp³-hybridized carbons (Fsp3) is 0.538. The Bertz CT molecular complexity index is 606. The highest BCUT2D eigenvalue weighted by Gasteiger charge is 2.15. The molecule has 0 amide bonds. The molecule has 3 N–H and O–H groups in total. The van der Waals surface area contributed by atoms with Crippen LogP contribution in [-0.4, -0.2) is 33.0 Å². The van der Waals surface area contributed by atoms with Crippen molar-refractivity contribution in [2.45, 2.75) is 32.7 Å². The van der Waals surface area contributed by atoms with Gasteiger partial charge in [0.25, 0.3) is 0 Å². The Morgan fingerprint density at radius 3 is 2.76 bits per heavy atom. The Balaban J connectivity index is 1.71. The molecular formula is C13H19N7O. The lowest BCUT2D eigenvalue weighted by Gasteiger charge is -2.26. The quantitative estimate of drug-likeness (QED) is 0.868. The first-order valence-corrected chi connectivity index (χ1v) is 7.12. The first-order chi connectivity index (χ1) is 10.2. The maximum Gasteiger partial charge on any atom is 0.231 e. The summed E-state index contributed by atoms with van der Waals surface area (Å²) in [4.78, 5) is 19.0. The van der Waals surface area contributed by atoms with E-state index in [4.69, 9.17) is 10.2 Å². The van der Waals surface area contributed by atoms with E-state index < -0.39 is 0 Å². The van der Waals surface area contributed by atoms with Crippen LogP contribution in [0.1, 0.15) is 30.9 Å². The molecule has 3 rings (SSSR count). The summed E-state index contributed by atoms with van der Waals surface area (Å²) in [5, 5.41) is 3.07. The van der Waals surface area contributed by atoms with Crippen LogP contribution in [0.5, 0.6) is 0 Å². The van der Waals surface area contributed by atoms with Crippen molar-refractivity contribution >= 4 is 17.8 Å². The summed E-state index contributed by atoms with van der Waals surface area (Å²) >= 11 is 0. The van der Waals surface area contributed by atoms with Crippen molar-refractivity contribution in [2.24, 2.45) is 0 Å².